The van der Waals surface area contributed by atoms with Crippen LogP contribution in [0.2, 0.25) is 0 Å². The molecule has 17 heavy (non-hydrogen) atoms. The lowest BCUT2D eigenvalue weighted by Crippen LogP contribution is -2.26. The molecule has 0 fully saturated rings. The van der Waals surface area contributed by atoms with Gasteiger partial charge in [0, 0.05) is 25.0 Å². The predicted molar refractivity (Wildman–Crippen MR) is 77.5 cm³/mol. The summed E-state index contributed by atoms with van der Waals surface area (Å²) >= 11 is 6.72. The summed E-state index contributed by atoms with van der Waals surface area (Å²) < 4.78 is 0. The van der Waals surface area contributed by atoms with E-state index in [9.17, 15) is 0 Å². The van der Waals surface area contributed by atoms with Crippen LogP contribution in [0.5, 0.6) is 0 Å². The standard InChI is InChI=1S/C12H13N3S2/c1-15(2)12(16)14-11-13-10(8-17-11)9-6-4-3-5-7-9/h3-8H,1-2H3,(H,13,14,16). The quantitative estimate of drug-likeness (QED) is 0.843. The zero-order valence-corrected chi connectivity index (χ0v) is 11.3. The molecule has 0 saturated carbocycles. The maximum atomic E-state index is 5.17. The largest absolute Gasteiger partial charge is 0.355 e. The van der Waals surface area contributed by atoms with E-state index < -0.39 is 0 Å². The van der Waals surface area contributed by atoms with Gasteiger partial charge in [-0.1, -0.05) is 30.3 Å². The van der Waals surface area contributed by atoms with Gasteiger partial charge in [-0.05, 0) is 12.2 Å². The van der Waals surface area contributed by atoms with Crippen LogP contribution in [0, 0.1) is 0 Å². The minimum atomic E-state index is 0.666. The molecular weight excluding hydrogens is 250 g/mol. The van der Waals surface area contributed by atoms with Crippen LogP contribution in [-0.4, -0.2) is 29.1 Å². The van der Waals surface area contributed by atoms with Gasteiger partial charge < -0.3 is 10.2 Å². The Balaban J connectivity index is 2.14. The Labute approximate surface area is 110 Å². The molecule has 2 rings (SSSR count). The van der Waals surface area contributed by atoms with Crippen LogP contribution in [0.15, 0.2) is 35.7 Å². The van der Waals surface area contributed by atoms with Crippen LogP contribution >= 0.6 is 23.6 Å². The number of aromatic nitrogens is 1. The maximum Gasteiger partial charge on any atom is 0.189 e. The molecule has 0 unspecified atom stereocenters. The molecule has 1 N–H and O–H groups in total. The molecule has 3 nitrogen and oxygen atoms in total. The number of anilines is 1. The second-order valence-electron chi connectivity index (χ2n) is 3.73. The fourth-order valence-corrected chi connectivity index (χ4v) is 2.16. The van der Waals surface area contributed by atoms with E-state index in [4.69, 9.17) is 12.2 Å². The zero-order valence-electron chi connectivity index (χ0n) is 9.68. The number of rotatable bonds is 2. The second kappa shape index (κ2) is 5.25. The molecular formula is C12H13N3S2. The number of benzene rings is 1. The molecule has 5 heteroatoms. The van der Waals surface area contributed by atoms with E-state index in [-0.39, 0.29) is 0 Å². The van der Waals surface area contributed by atoms with Crippen LogP contribution in [0.25, 0.3) is 11.3 Å². The molecule has 0 bridgehead atoms. The normalized spacial score (nSPS) is 10.0. The number of thiocarbonyl (C=S) groups is 1. The highest BCUT2D eigenvalue weighted by Gasteiger charge is 2.06. The van der Waals surface area contributed by atoms with Gasteiger partial charge in [0.1, 0.15) is 0 Å². The SMILES string of the molecule is CN(C)C(=S)Nc1nc(-c2ccccc2)cs1. The summed E-state index contributed by atoms with van der Waals surface area (Å²) in [5.41, 5.74) is 2.09. The summed E-state index contributed by atoms with van der Waals surface area (Å²) in [6, 6.07) is 10.1. The summed E-state index contributed by atoms with van der Waals surface area (Å²) in [5.74, 6) is 0. The van der Waals surface area contributed by atoms with Crippen molar-refractivity contribution >= 4 is 33.8 Å². The van der Waals surface area contributed by atoms with Crippen molar-refractivity contribution in [1.82, 2.24) is 9.88 Å². The highest BCUT2D eigenvalue weighted by atomic mass is 32.1. The van der Waals surface area contributed by atoms with Crippen molar-refractivity contribution in [2.75, 3.05) is 19.4 Å². The van der Waals surface area contributed by atoms with Crippen LogP contribution in [0.1, 0.15) is 0 Å². The lowest BCUT2D eigenvalue weighted by Gasteiger charge is -2.13. The molecule has 1 heterocycles. The third-order valence-electron chi connectivity index (χ3n) is 2.19. The maximum absolute atomic E-state index is 5.17. The highest BCUT2D eigenvalue weighted by molar-refractivity contribution is 7.80. The van der Waals surface area contributed by atoms with Gasteiger partial charge in [-0.15, -0.1) is 11.3 Å². The molecule has 0 spiro atoms. The lowest BCUT2D eigenvalue weighted by molar-refractivity contribution is 0.634. The van der Waals surface area contributed by atoms with Crippen molar-refractivity contribution in [3.8, 4) is 11.3 Å². The molecule has 1 aromatic heterocycles. The van der Waals surface area contributed by atoms with Gasteiger partial charge in [0.15, 0.2) is 10.2 Å². The van der Waals surface area contributed by atoms with Crippen molar-refractivity contribution in [3.05, 3.63) is 35.7 Å². The fraction of sp³-hybridized carbons (Fsp3) is 0.167. The Hall–Kier alpha value is -1.46. The van der Waals surface area contributed by atoms with Gasteiger partial charge >= 0.3 is 0 Å². The summed E-state index contributed by atoms with van der Waals surface area (Å²) in [6.45, 7) is 0. The minimum absolute atomic E-state index is 0.666. The van der Waals surface area contributed by atoms with E-state index in [1.54, 1.807) is 11.3 Å². The van der Waals surface area contributed by atoms with Crippen molar-refractivity contribution < 1.29 is 0 Å². The lowest BCUT2D eigenvalue weighted by atomic mass is 10.2. The summed E-state index contributed by atoms with van der Waals surface area (Å²) in [5, 5.41) is 6.61. The predicted octanol–water partition coefficient (Wildman–Crippen LogP) is 3.07. The van der Waals surface area contributed by atoms with Crippen molar-refractivity contribution in [2.45, 2.75) is 0 Å². The molecule has 0 aliphatic carbocycles. The van der Waals surface area contributed by atoms with Gasteiger partial charge in [0.05, 0.1) is 5.69 Å². The smallest absolute Gasteiger partial charge is 0.189 e. The summed E-state index contributed by atoms with van der Waals surface area (Å²) in [4.78, 5) is 6.34. The molecule has 2 aromatic rings. The molecule has 0 amide bonds. The average molecular weight is 263 g/mol. The van der Waals surface area contributed by atoms with E-state index >= 15 is 0 Å². The van der Waals surface area contributed by atoms with Gasteiger partial charge in [0.25, 0.3) is 0 Å². The zero-order chi connectivity index (χ0) is 12.3. The van der Waals surface area contributed by atoms with E-state index in [1.807, 2.05) is 54.7 Å². The van der Waals surface area contributed by atoms with Crippen LogP contribution < -0.4 is 5.32 Å². The number of nitrogens with one attached hydrogen (secondary N) is 1. The first-order chi connectivity index (χ1) is 8.16. The van der Waals surface area contributed by atoms with Gasteiger partial charge in [-0.3, -0.25) is 0 Å². The number of hydrogen-bond donors (Lipinski definition) is 1. The molecule has 0 aliphatic rings. The third-order valence-corrected chi connectivity index (χ3v) is 3.42. The molecule has 0 saturated heterocycles. The fourth-order valence-electron chi connectivity index (χ4n) is 1.28. The van der Waals surface area contributed by atoms with Crippen LogP contribution in [-0.2, 0) is 0 Å². The average Bonchev–Trinajstić information content (AvgIpc) is 2.78. The molecule has 0 radical (unpaired) electrons. The van der Waals surface area contributed by atoms with E-state index in [2.05, 4.69) is 10.3 Å². The first-order valence-corrected chi connectivity index (χ1v) is 6.45. The van der Waals surface area contributed by atoms with Crippen LogP contribution in [0.4, 0.5) is 5.13 Å². The first-order valence-electron chi connectivity index (χ1n) is 5.16. The highest BCUT2D eigenvalue weighted by Crippen LogP contribution is 2.24. The number of hydrogen-bond acceptors (Lipinski definition) is 3. The Morgan fingerprint density at radius 2 is 2.00 bits per heavy atom. The van der Waals surface area contributed by atoms with E-state index in [1.165, 1.54) is 0 Å². The Morgan fingerprint density at radius 1 is 1.29 bits per heavy atom. The van der Waals surface area contributed by atoms with Gasteiger partial charge in [-0.25, -0.2) is 4.98 Å². The monoisotopic (exact) mass is 263 g/mol. The second-order valence-corrected chi connectivity index (χ2v) is 4.97. The summed E-state index contributed by atoms with van der Waals surface area (Å²) in [6.07, 6.45) is 0. The van der Waals surface area contributed by atoms with Crippen LogP contribution in [0.3, 0.4) is 0 Å². The Morgan fingerprint density at radius 3 is 2.65 bits per heavy atom. The minimum Gasteiger partial charge on any atom is -0.355 e. The van der Waals surface area contributed by atoms with Crippen molar-refractivity contribution in [3.63, 3.8) is 0 Å². The van der Waals surface area contributed by atoms with E-state index in [0.29, 0.717) is 5.11 Å². The molecule has 1 aromatic carbocycles. The Bertz CT molecular complexity index is 505. The van der Waals surface area contributed by atoms with Gasteiger partial charge in [-0.2, -0.15) is 0 Å². The van der Waals surface area contributed by atoms with Crippen molar-refractivity contribution in [2.24, 2.45) is 0 Å². The molecule has 0 aliphatic heterocycles. The molecule has 0 atom stereocenters. The molecule has 88 valence electrons. The topological polar surface area (TPSA) is 28.2 Å². The number of nitrogens with zero attached hydrogens (tertiary/aromatic N) is 2. The van der Waals surface area contributed by atoms with Crippen molar-refractivity contribution in [1.29, 1.82) is 0 Å². The first kappa shape index (κ1) is 12.0. The van der Waals surface area contributed by atoms with Gasteiger partial charge in [0.2, 0.25) is 0 Å². The summed E-state index contributed by atoms with van der Waals surface area (Å²) in [7, 11) is 3.81. The van der Waals surface area contributed by atoms with E-state index in [0.717, 1.165) is 16.4 Å². The number of thiazole rings is 1. The Kier molecular flexibility index (Phi) is 3.71. The third kappa shape index (κ3) is 3.01.